The van der Waals surface area contributed by atoms with Gasteiger partial charge in [-0.05, 0) is 67.4 Å². The highest BCUT2D eigenvalue weighted by Crippen LogP contribution is 2.70. The first-order valence-corrected chi connectivity index (χ1v) is 19.0. The third-order valence-electron chi connectivity index (χ3n) is 13.9. The van der Waals surface area contributed by atoms with Gasteiger partial charge in [-0.15, -0.1) is 0 Å². The summed E-state index contributed by atoms with van der Waals surface area (Å²) in [6, 6.07) is 3.05. The van der Waals surface area contributed by atoms with Crippen LogP contribution in [-0.2, 0) is 28.5 Å². The Morgan fingerprint density at radius 1 is 0.852 bits per heavy atom. The van der Waals surface area contributed by atoms with E-state index in [0.29, 0.717) is 37.7 Å². The molecule has 16 nitrogen and oxygen atoms in total. The predicted molar refractivity (Wildman–Crippen MR) is 183 cm³/mol. The van der Waals surface area contributed by atoms with Crippen molar-refractivity contribution in [1.82, 2.24) is 0 Å². The van der Waals surface area contributed by atoms with Crippen molar-refractivity contribution in [2.24, 2.45) is 22.7 Å². The Kier molecular flexibility index (Phi) is 11.0. The standard InChI is InChI=1S/C38H54O16/c1-17(41)50-23-13-38(48)22-6-5-19-12-20(8-10-36(19,2)21(22)9-11-37(38,3)27(23)18-4-7-26(42)49-16-18)51-34-32(47)30(45)33(25(15-40)53-34)54-35-31(46)29(44)28(43)24(14-39)52-35/h4,7,12,16,20-25,27-35,39-40,43-48H,5-6,8-11,13-15H2,1-3H3/t20-,21+,22+,23-,24+,25-,27+,28+,29+,30-,31-,32-,33-,34-,35+,36+,37+,38+/m1/s1. The maximum absolute atomic E-state index is 12.8. The minimum Gasteiger partial charge on any atom is -0.462 e. The van der Waals surface area contributed by atoms with Gasteiger partial charge in [0.05, 0.1) is 31.2 Å². The molecule has 0 aromatic carbocycles. The summed E-state index contributed by atoms with van der Waals surface area (Å²) in [5.41, 5.74) is -0.708. The van der Waals surface area contributed by atoms with Crippen LogP contribution in [0.2, 0.25) is 0 Å². The quantitative estimate of drug-likeness (QED) is 0.121. The van der Waals surface area contributed by atoms with Crippen LogP contribution in [0.1, 0.15) is 77.2 Å². The number of carbonyl (C=O) groups excluding carboxylic acids is 1. The fourth-order valence-electron chi connectivity index (χ4n) is 11.1. The zero-order valence-electron chi connectivity index (χ0n) is 30.7. The molecule has 0 amide bonds. The van der Waals surface area contributed by atoms with Gasteiger partial charge >= 0.3 is 11.6 Å². The van der Waals surface area contributed by atoms with Crippen molar-refractivity contribution >= 4 is 5.97 Å². The Bertz CT molecular complexity index is 1590. The molecule has 16 heteroatoms. The van der Waals surface area contributed by atoms with Gasteiger partial charge in [-0.1, -0.05) is 25.5 Å². The van der Waals surface area contributed by atoms with Crippen LogP contribution >= 0.6 is 0 Å². The minimum atomic E-state index is -1.77. The molecule has 5 fully saturated rings. The number of aliphatic hydroxyl groups excluding tert-OH is 7. The molecule has 3 heterocycles. The smallest absolute Gasteiger partial charge is 0.335 e. The van der Waals surface area contributed by atoms with Crippen molar-refractivity contribution in [2.45, 2.75) is 151 Å². The lowest BCUT2D eigenvalue weighted by Gasteiger charge is -2.61. The van der Waals surface area contributed by atoms with Gasteiger partial charge < -0.3 is 69.0 Å². The first-order valence-electron chi connectivity index (χ1n) is 19.0. The van der Waals surface area contributed by atoms with Crippen molar-refractivity contribution in [3.8, 4) is 0 Å². The van der Waals surface area contributed by atoms with Crippen LogP contribution < -0.4 is 5.63 Å². The van der Waals surface area contributed by atoms with Crippen LogP contribution in [-0.4, -0.2) is 139 Å². The number of allylic oxidation sites excluding steroid dienone is 1. The van der Waals surface area contributed by atoms with E-state index < -0.39 is 109 Å². The second kappa shape index (κ2) is 14.9. The summed E-state index contributed by atoms with van der Waals surface area (Å²) in [6.07, 6.45) is -8.70. The topological polar surface area (TPSA) is 255 Å². The summed E-state index contributed by atoms with van der Waals surface area (Å²) >= 11 is 0. The molecule has 0 radical (unpaired) electrons. The molecule has 4 aliphatic carbocycles. The number of rotatable bonds is 8. The van der Waals surface area contributed by atoms with Gasteiger partial charge in [0.25, 0.3) is 0 Å². The SMILES string of the molecule is CC(=O)O[C@@H]1C[C@]2(O)[C@H]3CCC4=C[C@H](O[C@@H]5O[C@H](CO)[C@@H](O[C@@H]6O[C@@H](CO)[C@H](O)[C@H](O)[C@H]6O)[C@H](O)[C@H]5O)CC[C@]4(C)[C@H]3CC[C@@]2(C)[C@H]1c1ccc(=O)oc1. The molecule has 7 rings (SSSR count). The van der Waals surface area contributed by atoms with E-state index in [2.05, 4.69) is 13.8 Å². The van der Waals surface area contributed by atoms with Crippen LogP contribution in [0.5, 0.6) is 0 Å². The lowest BCUT2D eigenvalue weighted by Crippen LogP contribution is -2.65. The summed E-state index contributed by atoms with van der Waals surface area (Å²) in [5.74, 6) is -0.794. The third-order valence-corrected chi connectivity index (χ3v) is 13.9. The Hall–Kier alpha value is -2.32. The zero-order valence-corrected chi connectivity index (χ0v) is 30.7. The Balaban J connectivity index is 1.06. The first kappa shape index (κ1) is 39.9. The van der Waals surface area contributed by atoms with E-state index in [1.165, 1.54) is 19.3 Å². The van der Waals surface area contributed by atoms with Crippen LogP contribution in [0.15, 0.2) is 39.3 Å². The van der Waals surface area contributed by atoms with Crippen LogP contribution in [0.4, 0.5) is 0 Å². The fourth-order valence-corrected chi connectivity index (χ4v) is 11.1. The largest absolute Gasteiger partial charge is 0.462 e. The highest BCUT2D eigenvalue weighted by atomic mass is 16.7. The lowest BCUT2D eigenvalue weighted by atomic mass is 9.45. The number of carbonyl (C=O) groups is 1. The molecular formula is C38H54O16. The number of aliphatic hydroxyl groups is 8. The molecule has 18 atom stereocenters. The molecule has 6 aliphatic rings. The van der Waals surface area contributed by atoms with E-state index in [1.54, 1.807) is 6.07 Å². The molecule has 54 heavy (non-hydrogen) atoms. The maximum Gasteiger partial charge on any atom is 0.335 e. The lowest BCUT2D eigenvalue weighted by molar-refractivity contribution is -0.361. The maximum atomic E-state index is 12.8. The molecule has 1 aromatic rings. The van der Waals surface area contributed by atoms with Crippen molar-refractivity contribution in [3.63, 3.8) is 0 Å². The van der Waals surface area contributed by atoms with Crippen LogP contribution in [0.25, 0.3) is 0 Å². The Morgan fingerprint density at radius 2 is 1.54 bits per heavy atom. The second-order valence-corrected chi connectivity index (χ2v) is 16.7. The van der Waals surface area contributed by atoms with Gasteiger partial charge in [-0.25, -0.2) is 4.79 Å². The fraction of sp³-hybridized carbons (Fsp3) is 0.789. The second-order valence-electron chi connectivity index (χ2n) is 16.7. The highest BCUT2D eigenvalue weighted by Gasteiger charge is 2.70. The average molecular weight is 767 g/mol. The number of esters is 1. The molecule has 8 N–H and O–H groups in total. The summed E-state index contributed by atoms with van der Waals surface area (Å²) in [5, 5.41) is 85.4. The van der Waals surface area contributed by atoms with E-state index in [-0.39, 0.29) is 29.6 Å². The van der Waals surface area contributed by atoms with E-state index in [1.807, 2.05) is 6.08 Å². The van der Waals surface area contributed by atoms with Crippen molar-refractivity contribution in [2.75, 3.05) is 13.2 Å². The average Bonchev–Trinajstić information content (AvgIpc) is 3.37. The third kappa shape index (κ3) is 6.49. The molecular weight excluding hydrogens is 712 g/mol. The predicted octanol–water partition coefficient (Wildman–Crippen LogP) is -0.648. The van der Waals surface area contributed by atoms with Gasteiger partial charge in [-0.3, -0.25) is 4.79 Å². The minimum absolute atomic E-state index is 0.0979. The van der Waals surface area contributed by atoms with Gasteiger partial charge in [0.2, 0.25) is 0 Å². The van der Waals surface area contributed by atoms with Gasteiger partial charge in [0, 0.05) is 30.7 Å². The number of hydrogen-bond donors (Lipinski definition) is 8. The Morgan fingerprint density at radius 3 is 2.20 bits per heavy atom. The molecule has 2 aliphatic heterocycles. The molecule has 1 aromatic heterocycles. The zero-order chi connectivity index (χ0) is 38.9. The number of fused-ring (bicyclic) bond motifs is 5. The molecule has 2 saturated heterocycles. The highest BCUT2D eigenvalue weighted by molar-refractivity contribution is 5.66. The van der Waals surface area contributed by atoms with Crippen molar-refractivity contribution in [1.29, 1.82) is 0 Å². The summed E-state index contributed by atoms with van der Waals surface area (Å²) in [7, 11) is 0. The van der Waals surface area contributed by atoms with Crippen molar-refractivity contribution in [3.05, 3.63) is 46.0 Å². The van der Waals surface area contributed by atoms with E-state index in [9.17, 15) is 50.4 Å². The summed E-state index contributed by atoms with van der Waals surface area (Å²) in [6.45, 7) is 4.28. The van der Waals surface area contributed by atoms with Crippen LogP contribution in [0.3, 0.4) is 0 Å². The normalized spacial score (nSPS) is 48.9. The van der Waals surface area contributed by atoms with E-state index >= 15 is 0 Å². The van der Waals surface area contributed by atoms with Crippen LogP contribution in [0, 0.1) is 22.7 Å². The Labute approximate surface area is 312 Å². The van der Waals surface area contributed by atoms with Gasteiger partial charge in [-0.2, -0.15) is 0 Å². The number of ether oxygens (including phenoxy) is 5. The van der Waals surface area contributed by atoms with Crippen molar-refractivity contribution < 1.29 is 73.7 Å². The number of hydrogen-bond acceptors (Lipinski definition) is 16. The molecule has 0 spiro atoms. The van der Waals surface area contributed by atoms with Gasteiger partial charge in [0.15, 0.2) is 12.6 Å². The molecule has 302 valence electrons. The van der Waals surface area contributed by atoms with E-state index in [0.717, 1.165) is 12.0 Å². The first-order chi connectivity index (χ1) is 25.6. The molecule has 3 saturated carbocycles. The monoisotopic (exact) mass is 766 g/mol. The molecule has 0 unspecified atom stereocenters. The summed E-state index contributed by atoms with van der Waals surface area (Å²) < 4.78 is 34.3. The van der Waals surface area contributed by atoms with E-state index in [4.69, 9.17) is 28.1 Å². The van der Waals surface area contributed by atoms with Gasteiger partial charge in [0.1, 0.15) is 54.9 Å². The molecule has 0 bridgehead atoms. The summed E-state index contributed by atoms with van der Waals surface area (Å²) in [4.78, 5) is 24.1.